The largest absolute Gasteiger partial charge is 0.466 e. The molecule has 0 saturated carbocycles. The number of ether oxygens (including phenoxy) is 2. The molecule has 3 rings (SSSR count). The summed E-state index contributed by atoms with van der Waals surface area (Å²) in [7, 11) is 2.34. The fourth-order valence-electron chi connectivity index (χ4n) is 3.49. The summed E-state index contributed by atoms with van der Waals surface area (Å²) in [5, 5.41) is 10.5. The smallest absolute Gasteiger partial charge is 0.355 e. The van der Waals surface area contributed by atoms with Crippen molar-refractivity contribution < 1.29 is 19.1 Å². The summed E-state index contributed by atoms with van der Waals surface area (Å²) in [5.74, 6) is -2.79. The van der Waals surface area contributed by atoms with Crippen molar-refractivity contribution in [3.05, 3.63) is 83.6 Å². The average Bonchev–Trinajstić information content (AvgIpc) is 2.83. The Labute approximate surface area is 216 Å². The van der Waals surface area contributed by atoms with Crippen molar-refractivity contribution in [1.29, 1.82) is 5.26 Å². The molecule has 33 heavy (non-hydrogen) atoms. The van der Waals surface area contributed by atoms with Crippen molar-refractivity contribution in [3.63, 3.8) is 0 Å². The maximum Gasteiger partial charge on any atom is 0.355 e. The van der Waals surface area contributed by atoms with Gasteiger partial charge in [-0.2, -0.15) is 5.26 Å². The standard InChI is InChI=1S/C22H15Br2Cl2N3O4/c1-32-21(30)15-14(10-6-4-3-5-7-10)11(9-27)20(28)29(19(15)22(31)33-2)13-8-12(25)16(23)18(26)17(13)24/h3-8,14H,28H2,1-2H3. The fourth-order valence-corrected chi connectivity index (χ4v) is 5.00. The molecule has 2 N–H and O–H groups in total. The van der Waals surface area contributed by atoms with Gasteiger partial charge in [-0.25, -0.2) is 9.59 Å². The minimum absolute atomic E-state index is 0.0244. The number of hydrogen-bond donors (Lipinski definition) is 1. The molecule has 11 heteroatoms. The number of anilines is 1. The highest BCUT2D eigenvalue weighted by atomic mass is 79.9. The number of methoxy groups -OCH3 is 2. The molecule has 2 aromatic carbocycles. The third kappa shape index (κ3) is 4.36. The molecule has 0 radical (unpaired) electrons. The SMILES string of the molecule is COC(=O)C1=C(C(=O)OC)N(c2cc(Cl)c(Br)c(Cl)c2Br)C(N)=C(C#N)C1c1ccccc1. The Hall–Kier alpha value is -2.51. The zero-order valence-electron chi connectivity index (χ0n) is 17.2. The van der Waals surface area contributed by atoms with Gasteiger partial charge in [0.15, 0.2) is 0 Å². The van der Waals surface area contributed by atoms with Gasteiger partial charge in [-0.1, -0.05) is 53.5 Å². The molecule has 0 amide bonds. The molecule has 1 heterocycles. The number of benzene rings is 2. The van der Waals surface area contributed by atoms with Gasteiger partial charge in [0.05, 0.1) is 62.0 Å². The minimum Gasteiger partial charge on any atom is -0.466 e. The average molecular weight is 616 g/mol. The second-order valence-corrected chi connectivity index (χ2v) is 9.03. The van der Waals surface area contributed by atoms with E-state index in [4.69, 9.17) is 38.4 Å². The van der Waals surface area contributed by atoms with Crippen LogP contribution in [-0.2, 0) is 19.1 Å². The molecule has 0 bridgehead atoms. The monoisotopic (exact) mass is 613 g/mol. The van der Waals surface area contributed by atoms with Crippen molar-refractivity contribution in [2.24, 2.45) is 5.73 Å². The summed E-state index contributed by atoms with van der Waals surface area (Å²) in [4.78, 5) is 27.3. The molecular formula is C22H15Br2Cl2N3O4. The zero-order chi connectivity index (χ0) is 24.4. The van der Waals surface area contributed by atoms with E-state index in [0.29, 0.717) is 14.5 Å². The molecule has 170 valence electrons. The van der Waals surface area contributed by atoms with Crippen LogP contribution >= 0.6 is 55.1 Å². The summed E-state index contributed by atoms with van der Waals surface area (Å²) in [6.07, 6.45) is 0. The normalized spacial score (nSPS) is 15.9. The van der Waals surface area contributed by atoms with Crippen LogP contribution in [-0.4, -0.2) is 26.2 Å². The molecule has 1 atom stereocenters. The maximum absolute atomic E-state index is 13.1. The predicted molar refractivity (Wildman–Crippen MR) is 131 cm³/mol. The highest BCUT2D eigenvalue weighted by Crippen LogP contribution is 2.48. The second kappa shape index (κ2) is 10.2. The van der Waals surface area contributed by atoms with Gasteiger partial charge in [0, 0.05) is 0 Å². The number of carbonyl (C=O) groups is 2. The lowest BCUT2D eigenvalue weighted by molar-refractivity contribution is -0.139. The number of hydrogen-bond acceptors (Lipinski definition) is 7. The second-order valence-electron chi connectivity index (χ2n) is 6.65. The van der Waals surface area contributed by atoms with Crippen molar-refractivity contribution in [2.45, 2.75) is 5.92 Å². The van der Waals surface area contributed by atoms with Crippen molar-refractivity contribution >= 4 is 72.7 Å². The number of nitriles is 1. The van der Waals surface area contributed by atoms with Crippen LogP contribution in [0.15, 0.2) is 68.0 Å². The maximum atomic E-state index is 13.1. The zero-order valence-corrected chi connectivity index (χ0v) is 21.8. The quantitative estimate of drug-likeness (QED) is 0.278. The predicted octanol–water partition coefficient (Wildman–Crippen LogP) is 5.42. The number of halogens is 4. The van der Waals surface area contributed by atoms with Gasteiger partial charge in [0.25, 0.3) is 0 Å². The number of carbonyl (C=O) groups excluding carboxylic acids is 2. The van der Waals surface area contributed by atoms with Gasteiger partial charge in [0.2, 0.25) is 0 Å². The molecule has 0 saturated heterocycles. The molecular weight excluding hydrogens is 601 g/mol. The lowest BCUT2D eigenvalue weighted by atomic mass is 9.81. The molecule has 7 nitrogen and oxygen atoms in total. The van der Waals surface area contributed by atoms with E-state index >= 15 is 0 Å². The van der Waals surface area contributed by atoms with Crippen LogP contribution in [0.25, 0.3) is 0 Å². The number of allylic oxidation sites excluding steroid dienone is 1. The molecule has 0 aromatic heterocycles. The number of nitrogens with two attached hydrogens (primary N) is 1. The summed E-state index contributed by atoms with van der Waals surface area (Å²) < 4.78 is 10.7. The molecule has 1 aliphatic heterocycles. The van der Waals surface area contributed by atoms with E-state index in [2.05, 4.69) is 37.9 Å². The Bertz CT molecular complexity index is 1260. The lowest BCUT2D eigenvalue weighted by Crippen LogP contribution is -2.41. The first-order valence-electron chi connectivity index (χ1n) is 9.18. The van der Waals surface area contributed by atoms with Crippen LogP contribution in [0.5, 0.6) is 0 Å². The number of esters is 2. The Kier molecular flexibility index (Phi) is 7.75. The summed E-state index contributed by atoms with van der Waals surface area (Å²) in [5.41, 5.74) is 6.90. The summed E-state index contributed by atoms with van der Waals surface area (Å²) in [6.45, 7) is 0. The first-order chi connectivity index (χ1) is 15.7. The van der Waals surface area contributed by atoms with Crippen LogP contribution in [0.1, 0.15) is 11.5 Å². The minimum atomic E-state index is -0.978. The molecule has 0 spiro atoms. The third-order valence-corrected chi connectivity index (χ3v) is 7.92. The van der Waals surface area contributed by atoms with Crippen LogP contribution in [0.2, 0.25) is 10.0 Å². The molecule has 0 aliphatic carbocycles. The number of nitrogens with zero attached hydrogens (tertiary/aromatic N) is 2. The van der Waals surface area contributed by atoms with Crippen molar-refractivity contribution in [3.8, 4) is 6.07 Å². The van der Waals surface area contributed by atoms with Crippen LogP contribution in [0.4, 0.5) is 5.69 Å². The first kappa shape index (κ1) is 25.1. The van der Waals surface area contributed by atoms with Crippen molar-refractivity contribution in [1.82, 2.24) is 0 Å². The van der Waals surface area contributed by atoms with Crippen molar-refractivity contribution in [2.75, 3.05) is 19.1 Å². The van der Waals surface area contributed by atoms with Gasteiger partial charge in [-0.05, 0) is 43.5 Å². The Morgan fingerprint density at radius 3 is 2.24 bits per heavy atom. The number of rotatable bonds is 4. The highest BCUT2D eigenvalue weighted by Gasteiger charge is 2.43. The van der Waals surface area contributed by atoms with Crippen LogP contribution in [0, 0.1) is 11.3 Å². The Morgan fingerprint density at radius 2 is 1.70 bits per heavy atom. The van der Waals surface area contributed by atoms with E-state index in [1.165, 1.54) is 18.1 Å². The molecule has 1 aliphatic rings. The highest BCUT2D eigenvalue weighted by molar-refractivity contribution is 9.11. The topological polar surface area (TPSA) is 106 Å². The van der Waals surface area contributed by atoms with Gasteiger partial charge in [-0.15, -0.1) is 0 Å². The van der Waals surface area contributed by atoms with E-state index in [9.17, 15) is 14.9 Å². The van der Waals surface area contributed by atoms with E-state index in [0.717, 1.165) is 7.11 Å². The van der Waals surface area contributed by atoms with Gasteiger partial charge in [0.1, 0.15) is 11.5 Å². The molecule has 2 aromatic rings. The van der Waals surface area contributed by atoms with Crippen LogP contribution < -0.4 is 10.6 Å². The summed E-state index contributed by atoms with van der Waals surface area (Å²) >= 11 is 19.4. The third-order valence-electron chi connectivity index (χ3n) is 4.93. The Morgan fingerprint density at radius 1 is 1.09 bits per heavy atom. The van der Waals surface area contributed by atoms with Gasteiger partial charge >= 0.3 is 11.9 Å². The van der Waals surface area contributed by atoms with E-state index < -0.39 is 17.9 Å². The first-order valence-corrected chi connectivity index (χ1v) is 11.5. The Balaban J connectivity index is 2.49. The van der Waals surface area contributed by atoms with Crippen LogP contribution in [0.3, 0.4) is 0 Å². The van der Waals surface area contributed by atoms with Gasteiger partial charge < -0.3 is 15.2 Å². The fraction of sp³-hybridized carbons (Fsp3) is 0.136. The summed E-state index contributed by atoms with van der Waals surface area (Å²) in [6, 6.07) is 12.2. The van der Waals surface area contributed by atoms with Gasteiger partial charge in [-0.3, -0.25) is 4.90 Å². The molecule has 1 unspecified atom stereocenters. The van der Waals surface area contributed by atoms with E-state index in [-0.39, 0.29) is 38.4 Å². The molecule has 0 fully saturated rings. The van der Waals surface area contributed by atoms with E-state index in [1.807, 2.05) is 0 Å². The van der Waals surface area contributed by atoms with E-state index in [1.54, 1.807) is 30.3 Å². The lowest BCUT2D eigenvalue weighted by Gasteiger charge is -2.36.